The van der Waals surface area contributed by atoms with Crippen LogP contribution in [0.25, 0.3) is 0 Å². The number of likely N-dealkylation sites (tertiary alicyclic amines) is 1. The molecule has 0 saturated carbocycles. The molecule has 0 N–H and O–H groups in total. The molecule has 0 spiro atoms. The zero-order valence-corrected chi connectivity index (χ0v) is 10.5. The zero-order valence-electron chi connectivity index (χ0n) is 9.60. The highest BCUT2D eigenvalue weighted by Crippen LogP contribution is 2.26. The topological polar surface area (TPSA) is 3.24 Å². The van der Waals surface area contributed by atoms with Gasteiger partial charge in [0.05, 0.1) is 0 Å². The van der Waals surface area contributed by atoms with E-state index in [2.05, 4.69) is 29.7 Å². The molecule has 16 heavy (non-hydrogen) atoms. The Labute approximate surface area is 105 Å². The molecule has 0 aliphatic carbocycles. The molecule has 1 aromatic carbocycles. The van der Waals surface area contributed by atoms with Crippen LogP contribution in [0.5, 0.6) is 0 Å². The predicted octanol–water partition coefficient (Wildman–Crippen LogP) is 1.59. The summed E-state index contributed by atoms with van der Waals surface area (Å²) in [5.41, 5.74) is 2.29. The van der Waals surface area contributed by atoms with Gasteiger partial charge in [-0.3, -0.25) is 0 Å². The summed E-state index contributed by atoms with van der Waals surface area (Å²) in [5.74, 6) is 1.68. The fraction of sp³-hybridized carbons (Fsp3) is 0.538. The maximum Gasteiger partial charge on any atom is 0.113 e. The highest BCUT2D eigenvalue weighted by molar-refractivity contribution is 7.80. The van der Waals surface area contributed by atoms with E-state index in [0.717, 1.165) is 11.2 Å². The minimum atomic E-state index is 0.695. The molecule has 1 saturated heterocycles. The summed E-state index contributed by atoms with van der Waals surface area (Å²) in [4.78, 5) is 2.54. The van der Waals surface area contributed by atoms with E-state index in [1.807, 2.05) is 12.1 Å². The molecule has 1 aliphatic rings. The average molecular weight is 231 g/mol. The number of benzene rings is 1. The minimum Gasteiger partial charge on any atom is -0.303 e. The van der Waals surface area contributed by atoms with E-state index in [9.17, 15) is 0 Å². The van der Waals surface area contributed by atoms with Crippen molar-refractivity contribution in [2.45, 2.75) is 18.8 Å². The second kappa shape index (κ2) is 5.78. The van der Waals surface area contributed by atoms with Crippen molar-refractivity contribution in [2.75, 3.05) is 25.4 Å². The van der Waals surface area contributed by atoms with Gasteiger partial charge in [0.1, 0.15) is 7.85 Å². The van der Waals surface area contributed by atoms with Crippen LogP contribution in [-0.2, 0) is 0 Å². The quantitative estimate of drug-likeness (QED) is 0.608. The van der Waals surface area contributed by atoms with Gasteiger partial charge < -0.3 is 4.90 Å². The smallest absolute Gasteiger partial charge is 0.113 e. The van der Waals surface area contributed by atoms with Crippen LogP contribution in [0.2, 0.25) is 0 Å². The summed E-state index contributed by atoms with van der Waals surface area (Å²) >= 11 is 4.26. The molecule has 1 fully saturated rings. The highest BCUT2D eigenvalue weighted by atomic mass is 32.1. The monoisotopic (exact) mass is 231 g/mol. The zero-order chi connectivity index (χ0) is 11.4. The van der Waals surface area contributed by atoms with Crippen molar-refractivity contribution in [3.05, 3.63) is 29.8 Å². The average Bonchev–Trinajstić information content (AvgIpc) is 2.76. The molecule has 2 rings (SSSR count). The van der Waals surface area contributed by atoms with Gasteiger partial charge in [0.15, 0.2) is 0 Å². The van der Waals surface area contributed by atoms with E-state index in [0.29, 0.717) is 5.92 Å². The van der Waals surface area contributed by atoms with Crippen molar-refractivity contribution < 1.29 is 0 Å². The van der Waals surface area contributed by atoms with Gasteiger partial charge in [0, 0.05) is 6.54 Å². The van der Waals surface area contributed by atoms with Crippen LogP contribution < -0.4 is 5.46 Å². The van der Waals surface area contributed by atoms with Gasteiger partial charge in [0.25, 0.3) is 0 Å². The van der Waals surface area contributed by atoms with Crippen LogP contribution in [0.15, 0.2) is 24.3 Å². The van der Waals surface area contributed by atoms with Crippen molar-refractivity contribution in [1.82, 2.24) is 4.90 Å². The van der Waals surface area contributed by atoms with Crippen LogP contribution in [0.3, 0.4) is 0 Å². The van der Waals surface area contributed by atoms with Crippen LogP contribution in [0.1, 0.15) is 24.3 Å². The molecule has 1 heterocycles. The second-order valence-electron chi connectivity index (χ2n) is 4.53. The molecule has 3 heteroatoms. The van der Waals surface area contributed by atoms with Crippen molar-refractivity contribution in [2.24, 2.45) is 0 Å². The normalized spacial score (nSPS) is 21.4. The third-order valence-electron chi connectivity index (χ3n) is 3.31. The first-order valence-corrected chi connectivity index (χ1v) is 6.61. The lowest BCUT2D eigenvalue weighted by Crippen LogP contribution is -2.21. The lowest BCUT2D eigenvalue weighted by atomic mass is 9.91. The van der Waals surface area contributed by atoms with Crippen molar-refractivity contribution >= 4 is 25.9 Å². The molecule has 0 amide bonds. The third kappa shape index (κ3) is 3.05. The van der Waals surface area contributed by atoms with E-state index in [-0.39, 0.29) is 0 Å². The molecule has 84 valence electrons. The fourth-order valence-corrected chi connectivity index (χ4v) is 2.51. The third-order valence-corrected chi connectivity index (χ3v) is 3.63. The number of hydrogen-bond acceptors (Lipinski definition) is 2. The van der Waals surface area contributed by atoms with E-state index in [4.69, 9.17) is 7.85 Å². The summed E-state index contributed by atoms with van der Waals surface area (Å²) in [5, 5.41) is 0. The molecule has 1 atom stereocenters. The largest absolute Gasteiger partial charge is 0.303 e. The molecule has 1 unspecified atom stereocenters. The summed E-state index contributed by atoms with van der Waals surface area (Å²) in [6.45, 7) is 3.61. The number of thiol groups is 1. The summed E-state index contributed by atoms with van der Waals surface area (Å²) in [6, 6.07) is 8.35. The van der Waals surface area contributed by atoms with Crippen LogP contribution in [-0.4, -0.2) is 38.1 Å². The Morgan fingerprint density at radius 2 is 2.06 bits per heavy atom. The first-order chi connectivity index (χ1) is 7.79. The summed E-state index contributed by atoms with van der Waals surface area (Å²) in [7, 11) is 5.70. The fourth-order valence-electron chi connectivity index (χ4n) is 2.37. The van der Waals surface area contributed by atoms with Gasteiger partial charge >= 0.3 is 0 Å². The Morgan fingerprint density at radius 3 is 2.75 bits per heavy atom. The maximum atomic E-state index is 5.70. The molecule has 0 bridgehead atoms. The highest BCUT2D eigenvalue weighted by Gasteiger charge is 2.22. The van der Waals surface area contributed by atoms with Crippen LogP contribution >= 0.6 is 12.6 Å². The summed E-state index contributed by atoms with van der Waals surface area (Å²) in [6.07, 6.45) is 2.47. The molecular weight excluding hydrogens is 213 g/mol. The Hall–Kier alpha value is -0.405. The summed E-state index contributed by atoms with van der Waals surface area (Å²) < 4.78 is 0. The molecule has 1 aromatic rings. The van der Waals surface area contributed by atoms with Crippen molar-refractivity contribution in [3.8, 4) is 0 Å². The molecule has 1 aliphatic heterocycles. The van der Waals surface area contributed by atoms with Gasteiger partial charge in [-0.25, -0.2) is 0 Å². The van der Waals surface area contributed by atoms with Crippen LogP contribution in [0, 0.1) is 0 Å². The maximum absolute atomic E-state index is 5.70. The van der Waals surface area contributed by atoms with Gasteiger partial charge in [-0.15, -0.1) is 0 Å². The van der Waals surface area contributed by atoms with E-state index >= 15 is 0 Å². The lowest BCUT2D eigenvalue weighted by Gasteiger charge is -2.15. The Kier molecular flexibility index (Phi) is 4.36. The second-order valence-corrected chi connectivity index (χ2v) is 4.98. The number of nitrogens with zero attached hydrogens (tertiary/aromatic N) is 1. The van der Waals surface area contributed by atoms with E-state index < -0.39 is 0 Å². The van der Waals surface area contributed by atoms with E-state index in [1.54, 1.807) is 0 Å². The predicted molar refractivity (Wildman–Crippen MR) is 74.1 cm³/mol. The SMILES string of the molecule is [B]c1ccc(C2CCN(CCCS)C2)cc1. The molecular formula is C13H18BNS. The molecule has 0 aromatic heterocycles. The standard InChI is InChI=1S/C13H18BNS/c14-13-4-2-11(3-5-13)12-6-8-15(10-12)7-1-9-16/h2-5,12,16H,1,6-10H2. The molecule has 2 radical (unpaired) electrons. The van der Waals surface area contributed by atoms with Crippen molar-refractivity contribution in [1.29, 1.82) is 0 Å². The first kappa shape index (κ1) is 12.1. The Balaban J connectivity index is 1.90. The molecule has 1 nitrogen and oxygen atoms in total. The Morgan fingerprint density at radius 1 is 1.31 bits per heavy atom. The number of hydrogen-bond donors (Lipinski definition) is 1. The minimum absolute atomic E-state index is 0.695. The van der Waals surface area contributed by atoms with Gasteiger partial charge in [0.2, 0.25) is 0 Å². The lowest BCUT2D eigenvalue weighted by molar-refractivity contribution is 0.336. The van der Waals surface area contributed by atoms with Gasteiger partial charge in [-0.05, 0) is 43.2 Å². The van der Waals surface area contributed by atoms with Gasteiger partial charge in [-0.2, -0.15) is 12.6 Å². The Bertz CT molecular complexity index is 325. The first-order valence-electron chi connectivity index (χ1n) is 5.98. The number of rotatable bonds is 4. The van der Waals surface area contributed by atoms with Crippen molar-refractivity contribution in [3.63, 3.8) is 0 Å². The van der Waals surface area contributed by atoms with E-state index in [1.165, 1.54) is 38.0 Å². The van der Waals surface area contributed by atoms with Crippen LogP contribution in [0.4, 0.5) is 0 Å². The van der Waals surface area contributed by atoms with Gasteiger partial charge in [-0.1, -0.05) is 29.7 Å².